The molecule has 2 nitrogen and oxygen atoms in total. The van der Waals surface area contributed by atoms with Gasteiger partial charge in [0.05, 0.1) is 13.0 Å². The first kappa shape index (κ1) is 31.3. The van der Waals surface area contributed by atoms with Crippen molar-refractivity contribution in [3.05, 3.63) is 0 Å². The first-order valence-electron chi connectivity index (χ1n) is 7.99. The Bertz CT molecular complexity index is 709. The zero-order valence-electron chi connectivity index (χ0n) is 15.7. The lowest BCUT2D eigenvalue weighted by molar-refractivity contribution is -0.463. The molecule has 33 heavy (non-hydrogen) atoms. The topological polar surface area (TPSA) is 26.3 Å². The minimum Gasteiger partial charge on any atom is -0.466 e. The molecule has 0 fully saturated rings. The van der Waals surface area contributed by atoms with Crippen molar-refractivity contribution in [2.45, 2.75) is 67.9 Å². The van der Waals surface area contributed by atoms with Gasteiger partial charge in [-0.25, -0.2) is 0 Å². The maximum absolute atomic E-state index is 13.8. The first-order valence-corrected chi connectivity index (χ1v) is 7.99. The quantitative estimate of drug-likeness (QED) is 0.234. The van der Waals surface area contributed by atoms with Crippen LogP contribution in [0, 0.1) is 5.92 Å². The largest absolute Gasteiger partial charge is 0.466 e. The van der Waals surface area contributed by atoms with E-state index in [0.29, 0.717) is 0 Å². The van der Waals surface area contributed by atoms with Crippen molar-refractivity contribution in [2.75, 3.05) is 6.61 Å². The first-order chi connectivity index (χ1) is 14.1. The number of hydrogen-bond donors (Lipinski definition) is 0. The Morgan fingerprint density at radius 2 is 0.909 bits per heavy atom. The maximum Gasteiger partial charge on any atom is 0.460 e. The van der Waals surface area contributed by atoms with E-state index in [9.17, 15) is 79.4 Å². The molecule has 1 unspecified atom stereocenters. The van der Waals surface area contributed by atoms with Crippen molar-refractivity contribution in [1.82, 2.24) is 0 Å². The lowest BCUT2D eigenvalue weighted by Crippen LogP contribution is -2.74. The van der Waals surface area contributed by atoms with Gasteiger partial charge in [-0.05, 0) is 6.92 Å². The molecular formula is C14H11F17O2. The summed E-state index contributed by atoms with van der Waals surface area (Å²) in [5.74, 6) is -62.1. The molecule has 1 atom stereocenters. The number of carbonyl (C=O) groups excluding carboxylic acids is 1. The molecule has 19 heteroatoms. The van der Waals surface area contributed by atoms with Crippen LogP contribution in [0.1, 0.15) is 20.3 Å². The standard InChI is InChI=1S/C14H11F17O2/c1-3-33-6(32)4-5(2)7(15,16)8(17,18)9(19,20)10(21,22)11(23,24)12(25,26)13(27,28)14(29,30)31/h5H,3-4H2,1-2H3. The highest BCUT2D eigenvalue weighted by atomic mass is 19.4. The number of rotatable bonds is 10. The van der Waals surface area contributed by atoms with Crippen LogP contribution in [0.4, 0.5) is 74.6 Å². The molecule has 0 N–H and O–H groups in total. The predicted octanol–water partition coefficient (Wildman–Crippen LogP) is 6.59. The maximum atomic E-state index is 13.8. The summed E-state index contributed by atoms with van der Waals surface area (Å²) in [4.78, 5) is 11.0. The van der Waals surface area contributed by atoms with E-state index in [1.807, 2.05) is 0 Å². The molecule has 0 heterocycles. The van der Waals surface area contributed by atoms with Gasteiger partial charge in [-0.15, -0.1) is 0 Å². The molecule has 0 aromatic carbocycles. The van der Waals surface area contributed by atoms with Gasteiger partial charge >= 0.3 is 53.6 Å². The zero-order valence-corrected chi connectivity index (χ0v) is 15.7. The fourth-order valence-corrected chi connectivity index (χ4v) is 2.08. The van der Waals surface area contributed by atoms with E-state index in [2.05, 4.69) is 4.74 Å². The summed E-state index contributed by atoms with van der Waals surface area (Å²) < 4.78 is 227. The van der Waals surface area contributed by atoms with Crippen LogP contribution in [0.15, 0.2) is 0 Å². The van der Waals surface area contributed by atoms with Crippen LogP contribution in [0.25, 0.3) is 0 Å². The van der Waals surface area contributed by atoms with Crippen molar-refractivity contribution in [1.29, 1.82) is 0 Å². The van der Waals surface area contributed by atoms with Gasteiger partial charge < -0.3 is 4.74 Å². The summed E-state index contributed by atoms with van der Waals surface area (Å²) in [6.07, 6.45) is -9.75. The zero-order chi connectivity index (χ0) is 27.3. The molecule has 0 saturated carbocycles. The number of ether oxygens (including phenoxy) is 1. The lowest BCUT2D eigenvalue weighted by Gasteiger charge is -2.43. The summed E-state index contributed by atoms with van der Waals surface area (Å²) in [5, 5.41) is 0. The molecule has 0 spiro atoms. The van der Waals surface area contributed by atoms with Gasteiger partial charge in [-0.1, -0.05) is 6.92 Å². The molecule has 0 aromatic rings. The fourth-order valence-electron chi connectivity index (χ4n) is 2.08. The lowest BCUT2D eigenvalue weighted by atomic mass is 9.85. The molecule has 0 aliphatic heterocycles. The summed E-state index contributed by atoms with van der Waals surface area (Å²) in [7, 11) is 0. The predicted molar refractivity (Wildman–Crippen MR) is 71.1 cm³/mol. The van der Waals surface area contributed by atoms with Crippen LogP contribution in [0.5, 0.6) is 0 Å². The molecule has 0 aliphatic carbocycles. The number of halogens is 17. The second-order valence-corrected chi connectivity index (χ2v) is 6.48. The molecule has 0 amide bonds. The average Bonchev–Trinajstić information content (AvgIpc) is 2.59. The summed E-state index contributed by atoms with van der Waals surface area (Å²) in [6, 6.07) is 0. The molecule has 0 aromatic heterocycles. The third-order valence-electron chi connectivity index (χ3n) is 4.14. The van der Waals surface area contributed by atoms with Gasteiger partial charge in [-0.3, -0.25) is 4.79 Å². The number of esters is 1. The number of alkyl halides is 17. The van der Waals surface area contributed by atoms with E-state index < -0.39 is 72.5 Å². The molecule has 198 valence electrons. The minimum absolute atomic E-state index is 0.191. The van der Waals surface area contributed by atoms with Gasteiger partial charge in [0, 0.05) is 5.92 Å². The van der Waals surface area contributed by atoms with Crippen LogP contribution in [-0.4, -0.2) is 60.2 Å². The van der Waals surface area contributed by atoms with Gasteiger partial charge in [0.15, 0.2) is 0 Å². The Morgan fingerprint density at radius 1 is 0.606 bits per heavy atom. The third kappa shape index (κ3) is 4.39. The van der Waals surface area contributed by atoms with Gasteiger partial charge in [0.25, 0.3) is 0 Å². The highest BCUT2D eigenvalue weighted by molar-refractivity contribution is 5.69. The second-order valence-electron chi connectivity index (χ2n) is 6.48. The molecule has 0 bridgehead atoms. The Hall–Kier alpha value is -1.72. The summed E-state index contributed by atoms with van der Waals surface area (Å²) >= 11 is 0. The summed E-state index contributed by atoms with van der Waals surface area (Å²) in [6.45, 7) is 0.239. The van der Waals surface area contributed by atoms with Crippen LogP contribution in [0.2, 0.25) is 0 Å². The van der Waals surface area contributed by atoms with Crippen LogP contribution in [-0.2, 0) is 9.53 Å². The second kappa shape index (κ2) is 8.49. The van der Waals surface area contributed by atoms with Gasteiger partial charge in [0.1, 0.15) is 0 Å². The molecule has 0 saturated heterocycles. The van der Waals surface area contributed by atoms with E-state index in [4.69, 9.17) is 0 Å². The molecule has 0 aliphatic rings. The SMILES string of the molecule is CCOC(=O)CC(C)C(F)(F)C(F)(F)C(F)(F)C(F)(F)C(F)(F)C(F)(F)C(F)(F)C(F)(F)F. The third-order valence-corrected chi connectivity index (χ3v) is 4.14. The molecule has 0 radical (unpaired) electrons. The Balaban J connectivity index is 6.61. The average molecular weight is 534 g/mol. The van der Waals surface area contributed by atoms with E-state index in [0.717, 1.165) is 6.92 Å². The van der Waals surface area contributed by atoms with Crippen LogP contribution < -0.4 is 0 Å². The van der Waals surface area contributed by atoms with Crippen molar-refractivity contribution in [3.8, 4) is 0 Å². The molecule has 0 rings (SSSR count). The van der Waals surface area contributed by atoms with E-state index in [-0.39, 0.29) is 6.92 Å². The highest BCUT2D eigenvalue weighted by Gasteiger charge is 2.95. The highest BCUT2D eigenvalue weighted by Crippen LogP contribution is 2.64. The monoisotopic (exact) mass is 534 g/mol. The Labute approximate surface area is 172 Å². The number of carbonyl (C=O) groups is 1. The van der Waals surface area contributed by atoms with Gasteiger partial charge in [0.2, 0.25) is 0 Å². The van der Waals surface area contributed by atoms with E-state index >= 15 is 0 Å². The Kier molecular flexibility index (Phi) is 8.05. The van der Waals surface area contributed by atoms with Gasteiger partial charge in [-0.2, -0.15) is 74.6 Å². The molecular weight excluding hydrogens is 523 g/mol. The minimum atomic E-state index is -8.67. The summed E-state index contributed by atoms with van der Waals surface area (Å²) in [5.41, 5.74) is 0. The van der Waals surface area contributed by atoms with E-state index in [1.54, 1.807) is 0 Å². The number of hydrogen-bond acceptors (Lipinski definition) is 2. The van der Waals surface area contributed by atoms with Crippen molar-refractivity contribution in [3.63, 3.8) is 0 Å². The Morgan fingerprint density at radius 3 is 1.21 bits per heavy atom. The smallest absolute Gasteiger partial charge is 0.460 e. The van der Waals surface area contributed by atoms with Crippen molar-refractivity contribution >= 4 is 5.97 Å². The van der Waals surface area contributed by atoms with E-state index in [1.165, 1.54) is 0 Å². The van der Waals surface area contributed by atoms with Crippen LogP contribution >= 0.6 is 0 Å². The fraction of sp³-hybridized carbons (Fsp3) is 0.929. The normalized spacial score (nSPS) is 16.6. The van der Waals surface area contributed by atoms with Crippen LogP contribution in [0.3, 0.4) is 0 Å². The van der Waals surface area contributed by atoms with Crippen molar-refractivity contribution < 1.29 is 84.2 Å². The van der Waals surface area contributed by atoms with Crippen molar-refractivity contribution in [2.24, 2.45) is 5.92 Å².